The molecular formula is C49H34N2O. The molecule has 1 aliphatic heterocycles. The molecule has 8 aromatic carbocycles. The molecule has 3 heterocycles. The van der Waals surface area contributed by atoms with Crippen LogP contribution in [0.25, 0.3) is 71.3 Å². The third-order valence-electron chi connectivity index (χ3n) is 11.3. The number of anilines is 3. The largest absolute Gasteiger partial charge is 0.455 e. The molecule has 0 saturated heterocycles. The minimum absolute atomic E-state index is 0.249. The van der Waals surface area contributed by atoms with Crippen molar-refractivity contribution >= 4 is 71.6 Å². The molecule has 0 saturated carbocycles. The molecule has 0 unspecified atom stereocenters. The van der Waals surface area contributed by atoms with E-state index in [0.29, 0.717) is 0 Å². The Morgan fingerprint density at radius 1 is 0.500 bits per heavy atom. The van der Waals surface area contributed by atoms with Crippen LogP contribution in [-0.4, -0.2) is 4.57 Å². The summed E-state index contributed by atoms with van der Waals surface area (Å²) in [6.07, 6.45) is 0. The zero-order valence-electron chi connectivity index (χ0n) is 29.0. The number of benzene rings is 8. The number of fused-ring (bicyclic) bond motifs is 10. The third-order valence-corrected chi connectivity index (χ3v) is 11.3. The predicted molar refractivity (Wildman–Crippen MR) is 218 cm³/mol. The van der Waals surface area contributed by atoms with Gasteiger partial charge in [0.05, 0.1) is 22.1 Å². The monoisotopic (exact) mass is 666 g/mol. The summed E-state index contributed by atoms with van der Waals surface area (Å²) in [4.78, 5) is 2.34. The van der Waals surface area contributed by atoms with Crippen molar-refractivity contribution in [2.75, 3.05) is 4.90 Å². The van der Waals surface area contributed by atoms with Crippen molar-refractivity contribution in [3.8, 4) is 16.8 Å². The standard InChI is InChI=1S/C49H34N2O/c1-49(2)41-29-34(32-20-24-36(25-21-32)50(35-14-4-3-5-15-35)37-26-22-31-12-6-7-13-33(31)28-37)23-27-44(41)51-43-18-10-8-17-39(43)46-47(51)42(49)30-40-38-16-9-11-19-45(38)52-48(40)46/h3-30H,1-2H3. The van der Waals surface area contributed by atoms with Crippen LogP contribution in [0, 0.1) is 0 Å². The maximum Gasteiger partial charge on any atom is 0.145 e. The van der Waals surface area contributed by atoms with E-state index in [1.54, 1.807) is 0 Å². The lowest BCUT2D eigenvalue weighted by molar-refractivity contribution is 0.630. The van der Waals surface area contributed by atoms with E-state index < -0.39 is 0 Å². The van der Waals surface area contributed by atoms with E-state index in [1.165, 1.54) is 65.9 Å². The normalized spacial score (nSPS) is 13.3. The molecule has 2 aromatic heterocycles. The van der Waals surface area contributed by atoms with E-state index in [1.807, 2.05) is 0 Å². The first-order valence-corrected chi connectivity index (χ1v) is 18.0. The first-order valence-electron chi connectivity index (χ1n) is 18.0. The maximum atomic E-state index is 6.63. The van der Waals surface area contributed by atoms with Gasteiger partial charge in [-0.2, -0.15) is 0 Å². The van der Waals surface area contributed by atoms with Crippen LogP contribution in [0.5, 0.6) is 0 Å². The van der Waals surface area contributed by atoms with Gasteiger partial charge in [-0.25, -0.2) is 0 Å². The fraction of sp³-hybridized carbons (Fsp3) is 0.0612. The van der Waals surface area contributed by atoms with Crippen molar-refractivity contribution in [1.82, 2.24) is 4.57 Å². The van der Waals surface area contributed by atoms with Gasteiger partial charge < -0.3 is 13.9 Å². The first-order chi connectivity index (χ1) is 25.5. The average Bonchev–Trinajstić information content (AvgIpc) is 3.74. The Labute approximate surface area is 301 Å². The van der Waals surface area contributed by atoms with E-state index in [-0.39, 0.29) is 5.41 Å². The van der Waals surface area contributed by atoms with Gasteiger partial charge in [0.1, 0.15) is 11.2 Å². The van der Waals surface area contributed by atoms with Crippen LogP contribution in [0.4, 0.5) is 17.1 Å². The quantitative estimate of drug-likeness (QED) is 0.186. The molecule has 3 heteroatoms. The Hall–Kier alpha value is -6.58. The number of rotatable bonds is 4. The van der Waals surface area contributed by atoms with Gasteiger partial charge in [-0.3, -0.25) is 0 Å². The fourth-order valence-electron chi connectivity index (χ4n) is 8.76. The van der Waals surface area contributed by atoms with Crippen LogP contribution >= 0.6 is 0 Å². The molecule has 3 nitrogen and oxygen atoms in total. The minimum Gasteiger partial charge on any atom is -0.455 e. The highest BCUT2D eigenvalue weighted by Gasteiger charge is 2.37. The molecule has 1 aliphatic rings. The topological polar surface area (TPSA) is 21.3 Å². The van der Waals surface area contributed by atoms with Gasteiger partial charge in [-0.05, 0) is 99.8 Å². The summed E-state index contributed by atoms with van der Waals surface area (Å²) in [6, 6.07) is 61.6. The van der Waals surface area contributed by atoms with Gasteiger partial charge in [0.25, 0.3) is 0 Å². The Kier molecular flexibility index (Phi) is 6.01. The average molecular weight is 667 g/mol. The highest BCUT2D eigenvalue weighted by atomic mass is 16.3. The van der Waals surface area contributed by atoms with Gasteiger partial charge >= 0.3 is 0 Å². The number of hydrogen-bond acceptors (Lipinski definition) is 2. The molecule has 0 radical (unpaired) electrons. The number of aromatic nitrogens is 1. The Morgan fingerprint density at radius 3 is 2.02 bits per heavy atom. The van der Waals surface area contributed by atoms with E-state index in [9.17, 15) is 0 Å². The van der Waals surface area contributed by atoms with Gasteiger partial charge in [0.2, 0.25) is 0 Å². The van der Waals surface area contributed by atoms with Gasteiger partial charge in [0.15, 0.2) is 0 Å². The van der Waals surface area contributed by atoms with Crippen molar-refractivity contribution in [1.29, 1.82) is 0 Å². The van der Waals surface area contributed by atoms with E-state index in [4.69, 9.17) is 4.42 Å². The summed E-state index contributed by atoms with van der Waals surface area (Å²) in [5.74, 6) is 0. The van der Waals surface area contributed by atoms with Crippen LogP contribution in [0.3, 0.4) is 0 Å². The SMILES string of the molecule is CC1(C)c2cc(-c3ccc(N(c4ccccc4)c4ccc5ccccc5c4)cc3)ccc2-n2c3ccccc3c3c4oc5ccccc5c4cc1c32. The van der Waals surface area contributed by atoms with Crippen molar-refractivity contribution in [3.63, 3.8) is 0 Å². The summed E-state index contributed by atoms with van der Waals surface area (Å²) in [5.41, 5.74) is 13.8. The minimum atomic E-state index is -0.249. The van der Waals surface area contributed by atoms with Crippen molar-refractivity contribution in [3.05, 3.63) is 181 Å². The molecule has 11 rings (SSSR count). The Bertz CT molecular complexity index is 3040. The zero-order valence-corrected chi connectivity index (χ0v) is 29.0. The molecule has 0 N–H and O–H groups in total. The summed E-state index contributed by atoms with van der Waals surface area (Å²) in [6.45, 7) is 4.76. The van der Waals surface area contributed by atoms with Crippen LogP contribution in [0.15, 0.2) is 174 Å². The smallest absolute Gasteiger partial charge is 0.145 e. The second-order valence-corrected chi connectivity index (χ2v) is 14.6. The molecule has 0 atom stereocenters. The van der Waals surface area contributed by atoms with Gasteiger partial charge in [-0.1, -0.05) is 117 Å². The predicted octanol–water partition coefficient (Wildman–Crippen LogP) is 13.6. The van der Waals surface area contributed by atoms with E-state index in [2.05, 4.69) is 193 Å². The summed E-state index contributed by atoms with van der Waals surface area (Å²) >= 11 is 0. The highest BCUT2D eigenvalue weighted by Crippen LogP contribution is 2.51. The molecule has 10 aromatic rings. The molecule has 52 heavy (non-hydrogen) atoms. The van der Waals surface area contributed by atoms with E-state index in [0.717, 1.165) is 33.6 Å². The first kappa shape index (κ1) is 29.2. The van der Waals surface area contributed by atoms with Crippen LogP contribution in [-0.2, 0) is 5.41 Å². The number of hydrogen-bond donors (Lipinski definition) is 0. The van der Waals surface area contributed by atoms with Crippen LogP contribution in [0.2, 0.25) is 0 Å². The number of para-hydroxylation sites is 3. The molecular weight excluding hydrogens is 633 g/mol. The molecule has 246 valence electrons. The lowest BCUT2D eigenvalue weighted by atomic mass is 9.73. The summed E-state index contributed by atoms with van der Waals surface area (Å²) < 4.78 is 9.10. The van der Waals surface area contributed by atoms with Crippen LogP contribution < -0.4 is 4.90 Å². The molecule has 0 bridgehead atoms. The van der Waals surface area contributed by atoms with E-state index >= 15 is 0 Å². The van der Waals surface area contributed by atoms with Crippen LogP contribution in [0.1, 0.15) is 25.0 Å². The molecule has 0 aliphatic carbocycles. The van der Waals surface area contributed by atoms with Crippen molar-refractivity contribution < 1.29 is 4.42 Å². The lowest BCUT2D eigenvalue weighted by Crippen LogP contribution is -2.26. The summed E-state index contributed by atoms with van der Waals surface area (Å²) in [5, 5.41) is 7.23. The Morgan fingerprint density at radius 2 is 1.17 bits per heavy atom. The lowest BCUT2D eigenvalue weighted by Gasteiger charge is -2.35. The van der Waals surface area contributed by atoms with Crippen molar-refractivity contribution in [2.45, 2.75) is 19.3 Å². The molecule has 0 spiro atoms. The van der Waals surface area contributed by atoms with Gasteiger partial charge in [0, 0.05) is 38.6 Å². The van der Waals surface area contributed by atoms with Gasteiger partial charge in [-0.15, -0.1) is 0 Å². The highest BCUT2D eigenvalue weighted by molar-refractivity contribution is 6.25. The Balaban J connectivity index is 1.07. The molecule has 0 amide bonds. The third kappa shape index (κ3) is 4.08. The summed E-state index contributed by atoms with van der Waals surface area (Å²) in [7, 11) is 0. The zero-order chi connectivity index (χ0) is 34.6. The second-order valence-electron chi connectivity index (χ2n) is 14.6. The number of nitrogens with zero attached hydrogens (tertiary/aromatic N) is 2. The second kappa shape index (κ2) is 10.7. The number of furan rings is 1. The maximum absolute atomic E-state index is 6.63. The molecule has 0 fully saturated rings. The fourth-order valence-corrected chi connectivity index (χ4v) is 8.76. The van der Waals surface area contributed by atoms with Crippen molar-refractivity contribution in [2.24, 2.45) is 0 Å².